The molecule has 11 nitrogen and oxygen atoms in total. The van der Waals surface area contributed by atoms with Gasteiger partial charge in [-0.2, -0.15) is 0 Å². The summed E-state index contributed by atoms with van der Waals surface area (Å²) in [7, 11) is 0. The number of hydrogen-bond acceptors (Lipinski definition) is 7. The molecule has 3 aromatic rings. The molecule has 0 aliphatic heterocycles. The van der Waals surface area contributed by atoms with Gasteiger partial charge in [0.15, 0.2) is 5.60 Å². The number of carboxylic acid groups (broad SMARTS) is 3. The summed E-state index contributed by atoms with van der Waals surface area (Å²) >= 11 is 0. The summed E-state index contributed by atoms with van der Waals surface area (Å²) in [6.07, 6.45) is -1.46. The van der Waals surface area contributed by atoms with E-state index in [1.807, 2.05) is 19.1 Å². The van der Waals surface area contributed by atoms with Gasteiger partial charge in [-0.1, -0.05) is 38.1 Å². The van der Waals surface area contributed by atoms with Gasteiger partial charge in [-0.3, -0.25) is 9.59 Å². The van der Waals surface area contributed by atoms with E-state index >= 15 is 0 Å². The maximum absolute atomic E-state index is 10.3. The molecule has 0 amide bonds. The summed E-state index contributed by atoms with van der Waals surface area (Å²) in [4.78, 5) is 37.8. The molecule has 4 N–H and O–H groups in total. The molecule has 0 atom stereocenters. The lowest BCUT2D eigenvalue weighted by molar-refractivity contribution is -0.170. The zero-order valence-electron chi connectivity index (χ0n) is 22.5. The standard InChI is InChI=1S/C22H29N3O.C6H8O7/c1-4-24(5-2)15-16-25-21-10-8-7-9-20(21)23-22(25)17-18-11-13-19(14-12-18)26-6-3;7-3(8)1-6(13,5(11)12)2-4(9)10/h7-14H,4-6,15-17H2,1-3H3;13H,1-2H2,(H,7,8)(H,9,10)(H,11,12). The molecule has 1 aromatic heterocycles. The lowest BCUT2D eigenvalue weighted by Gasteiger charge is -2.19. The van der Waals surface area contributed by atoms with Crippen molar-refractivity contribution in [2.24, 2.45) is 0 Å². The van der Waals surface area contributed by atoms with E-state index in [4.69, 9.17) is 30.1 Å². The van der Waals surface area contributed by atoms with Crippen LogP contribution in [0.5, 0.6) is 5.75 Å². The fourth-order valence-electron chi connectivity index (χ4n) is 4.06. The fourth-order valence-corrected chi connectivity index (χ4v) is 4.06. The minimum absolute atomic E-state index is 0.695. The Morgan fingerprint density at radius 3 is 2.03 bits per heavy atom. The molecule has 0 aliphatic carbocycles. The van der Waals surface area contributed by atoms with E-state index in [0.29, 0.717) is 6.61 Å². The van der Waals surface area contributed by atoms with Crippen LogP contribution >= 0.6 is 0 Å². The number of fused-ring (bicyclic) bond motifs is 1. The number of carbonyl (C=O) groups is 3. The fraction of sp³-hybridized carbons (Fsp3) is 0.429. The van der Waals surface area contributed by atoms with E-state index in [1.54, 1.807) is 0 Å². The third kappa shape index (κ3) is 9.38. The van der Waals surface area contributed by atoms with Crippen molar-refractivity contribution in [1.29, 1.82) is 0 Å². The first kappa shape index (κ1) is 31.3. The molecule has 3 rings (SSSR count). The molecule has 212 valence electrons. The third-order valence-corrected chi connectivity index (χ3v) is 6.15. The Kier molecular flexibility index (Phi) is 11.9. The molecule has 0 unspecified atom stereocenters. The molecule has 0 aliphatic rings. The van der Waals surface area contributed by atoms with Gasteiger partial charge in [-0.25, -0.2) is 9.78 Å². The van der Waals surface area contributed by atoms with E-state index in [0.717, 1.165) is 49.7 Å². The van der Waals surface area contributed by atoms with Gasteiger partial charge in [0.2, 0.25) is 0 Å². The molecule has 0 saturated carbocycles. The first-order chi connectivity index (χ1) is 18.5. The number of nitrogens with zero attached hydrogens (tertiary/aromatic N) is 3. The summed E-state index contributed by atoms with van der Waals surface area (Å²) in [5, 5.41) is 33.8. The Hall–Kier alpha value is -3.96. The predicted molar refractivity (Wildman–Crippen MR) is 145 cm³/mol. The molecular formula is C28H37N3O8. The van der Waals surface area contributed by atoms with Crippen molar-refractivity contribution < 1.29 is 39.5 Å². The Morgan fingerprint density at radius 1 is 0.923 bits per heavy atom. The van der Waals surface area contributed by atoms with E-state index in [9.17, 15) is 14.4 Å². The van der Waals surface area contributed by atoms with Crippen LogP contribution in [0.15, 0.2) is 48.5 Å². The van der Waals surface area contributed by atoms with Crippen LogP contribution in [0.4, 0.5) is 0 Å². The zero-order valence-corrected chi connectivity index (χ0v) is 22.5. The highest BCUT2D eigenvalue weighted by molar-refractivity contribution is 5.88. The maximum Gasteiger partial charge on any atom is 0.336 e. The number of aromatic nitrogens is 2. The summed E-state index contributed by atoms with van der Waals surface area (Å²) in [6.45, 7) is 11.3. The molecule has 0 bridgehead atoms. The van der Waals surface area contributed by atoms with Gasteiger partial charge in [0.25, 0.3) is 0 Å². The van der Waals surface area contributed by atoms with Crippen LogP contribution in [-0.2, 0) is 27.3 Å². The summed E-state index contributed by atoms with van der Waals surface area (Å²) in [6, 6.07) is 16.8. The first-order valence-electron chi connectivity index (χ1n) is 12.8. The van der Waals surface area contributed by atoms with Crippen LogP contribution in [0.25, 0.3) is 11.0 Å². The highest BCUT2D eigenvalue weighted by Crippen LogP contribution is 2.20. The van der Waals surface area contributed by atoms with Gasteiger partial charge in [-0.05, 0) is 49.8 Å². The van der Waals surface area contributed by atoms with Crippen molar-refractivity contribution in [2.45, 2.75) is 52.2 Å². The minimum atomic E-state index is -2.74. The van der Waals surface area contributed by atoms with Crippen molar-refractivity contribution in [1.82, 2.24) is 14.5 Å². The average molecular weight is 544 g/mol. The number of imidazole rings is 1. The molecule has 0 spiro atoms. The van der Waals surface area contributed by atoms with Crippen LogP contribution in [0, 0.1) is 0 Å². The van der Waals surface area contributed by atoms with Gasteiger partial charge in [0.05, 0.1) is 30.5 Å². The molecular weight excluding hydrogens is 506 g/mol. The molecule has 0 saturated heterocycles. The molecule has 39 heavy (non-hydrogen) atoms. The quantitative estimate of drug-likeness (QED) is 0.238. The Morgan fingerprint density at radius 2 is 1.51 bits per heavy atom. The Labute approximate surface area is 227 Å². The van der Waals surface area contributed by atoms with E-state index in [-0.39, 0.29) is 0 Å². The second-order valence-electron chi connectivity index (χ2n) is 8.93. The number of aliphatic carboxylic acids is 3. The normalized spacial score (nSPS) is 11.2. The van der Waals surface area contributed by atoms with Crippen molar-refractivity contribution in [3.63, 3.8) is 0 Å². The second kappa shape index (κ2) is 14.8. The molecule has 0 fully saturated rings. The topological polar surface area (TPSA) is 162 Å². The predicted octanol–water partition coefficient (Wildman–Crippen LogP) is 3.12. The van der Waals surface area contributed by atoms with Crippen LogP contribution < -0.4 is 4.74 Å². The Balaban J connectivity index is 0.000000349. The van der Waals surface area contributed by atoms with Gasteiger partial charge in [0, 0.05) is 19.5 Å². The highest BCUT2D eigenvalue weighted by atomic mass is 16.5. The van der Waals surface area contributed by atoms with Crippen LogP contribution in [0.2, 0.25) is 0 Å². The van der Waals surface area contributed by atoms with Crippen molar-refractivity contribution in [3.8, 4) is 5.75 Å². The summed E-state index contributed by atoms with van der Waals surface area (Å²) in [5.74, 6) is -2.97. The van der Waals surface area contributed by atoms with Crippen molar-refractivity contribution >= 4 is 28.9 Å². The van der Waals surface area contributed by atoms with Crippen molar-refractivity contribution in [2.75, 3.05) is 26.2 Å². The SMILES string of the molecule is CCOc1ccc(Cc2nc3ccccc3n2CCN(CC)CC)cc1.O=C(O)CC(O)(CC(=O)O)C(=O)O. The summed E-state index contributed by atoms with van der Waals surface area (Å²) < 4.78 is 7.93. The monoisotopic (exact) mass is 543 g/mol. The van der Waals surface area contributed by atoms with Crippen LogP contribution in [0.1, 0.15) is 45.0 Å². The average Bonchev–Trinajstić information content (AvgIpc) is 3.22. The highest BCUT2D eigenvalue weighted by Gasteiger charge is 2.40. The number of hydrogen-bond donors (Lipinski definition) is 4. The van der Waals surface area contributed by atoms with Crippen LogP contribution in [0.3, 0.4) is 0 Å². The van der Waals surface area contributed by atoms with Crippen molar-refractivity contribution in [3.05, 3.63) is 59.9 Å². The smallest absolute Gasteiger partial charge is 0.336 e. The molecule has 2 aromatic carbocycles. The molecule has 1 heterocycles. The maximum atomic E-state index is 10.3. The number of carboxylic acids is 3. The first-order valence-corrected chi connectivity index (χ1v) is 12.8. The van der Waals surface area contributed by atoms with Gasteiger partial charge < -0.3 is 34.6 Å². The van der Waals surface area contributed by atoms with Gasteiger partial charge in [-0.15, -0.1) is 0 Å². The summed E-state index contributed by atoms with van der Waals surface area (Å²) in [5.41, 5.74) is 0.818. The van der Waals surface area contributed by atoms with E-state index in [2.05, 4.69) is 59.7 Å². The number of para-hydroxylation sites is 2. The number of likely N-dealkylation sites (N-methyl/N-ethyl adjacent to an activating group) is 1. The molecule has 11 heteroatoms. The number of ether oxygens (including phenoxy) is 1. The molecule has 0 radical (unpaired) electrons. The number of benzene rings is 2. The van der Waals surface area contributed by atoms with E-state index in [1.165, 1.54) is 11.1 Å². The number of aliphatic hydroxyl groups is 1. The lowest BCUT2D eigenvalue weighted by Crippen LogP contribution is -2.42. The second-order valence-corrected chi connectivity index (χ2v) is 8.93. The zero-order chi connectivity index (χ0) is 29.0. The lowest BCUT2D eigenvalue weighted by atomic mass is 9.96. The third-order valence-electron chi connectivity index (χ3n) is 6.15. The van der Waals surface area contributed by atoms with E-state index < -0.39 is 36.4 Å². The minimum Gasteiger partial charge on any atom is -0.494 e. The largest absolute Gasteiger partial charge is 0.494 e. The van der Waals surface area contributed by atoms with Gasteiger partial charge >= 0.3 is 17.9 Å². The van der Waals surface area contributed by atoms with Crippen LogP contribution in [-0.4, -0.2) is 84.6 Å². The number of rotatable bonds is 14. The Bertz CT molecular complexity index is 1220. The van der Waals surface area contributed by atoms with Gasteiger partial charge in [0.1, 0.15) is 11.6 Å².